The highest BCUT2D eigenvalue weighted by Crippen LogP contribution is 2.24. The lowest BCUT2D eigenvalue weighted by atomic mass is 10.2. The summed E-state index contributed by atoms with van der Waals surface area (Å²) in [7, 11) is -1.84. The van der Waals surface area contributed by atoms with Crippen molar-refractivity contribution in [2.45, 2.75) is 11.4 Å². The third kappa shape index (κ3) is 5.22. The molecule has 0 spiro atoms. The second-order valence-electron chi connectivity index (χ2n) is 7.18. The number of thiazole rings is 1. The van der Waals surface area contributed by atoms with Crippen molar-refractivity contribution in [2.24, 2.45) is 4.99 Å². The van der Waals surface area contributed by atoms with E-state index in [2.05, 4.69) is 38.0 Å². The molecule has 0 unspecified atom stereocenters. The van der Waals surface area contributed by atoms with Gasteiger partial charge in [0.25, 0.3) is 0 Å². The molecule has 7 nitrogen and oxygen atoms in total. The minimum atomic E-state index is -3.52. The molecule has 4 rings (SSSR count). The van der Waals surface area contributed by atoms with E-state index in [1.54, 1.807) is 42.7 Å². The Bertz CT molecular complexity index is 1210. The summed E-state index contributed by atoms with van der Waals surface area (Å²) in [6, 6.07) is 14.9. The third-order valence-electron chi connectivity index (χ3n) is 5.13. The zero-order chi connectivity index (χ0) is 22.6. The van der Waals surface area contributed by atoms with Crippen molar-refractivity contribution in [3.8, 4) is 11.3 Å². The predicted octanol–water partition coefficient (Wildman–Crippen LogP) is 3.88. The summed E-state index contributed by atoms with van der Waals surface area (Å²) in [6.45, 7) is 2.82. The first-order valence-corrected chi connectivity index (χ1v) is 13.3. The molecule has 0 bridgehead atoms. The van der Waals surface area contributed by atoms with Crippen LogP contribution in [-0.2, 0) is 26.0 Å². The van der Waals surface area contributed by atoms with Gasteiger partial charge in [-0.3, -0.25) is 0 Å². The standard InChI is InChI=1S/C22H24BrN3O4S2/c1-29-13-12-26-21(17-2-4-18(23)5-3-17)16-31-22(26)24-19-6-8-20(9-7-19)32(27,28)25-10-14-30-15-11-25/h2-9,16H,10-15H2,1H3. The Hall–Kier alpha value is -1.82. The molecular weight excluding hydrogens is 514 g/mol. The van der Waals surface area contributed by atoms with Gasteiger partial charge in [0.1, 0.15) is 0 Å². The molecule has 1 aliphatic heterocycles. The lowest BCUT2D eigenvalue weighted by Gasteiger charge is -2.26. The molecule has 0 saturated carbocycles. The first kappa shape index (κ1) is 23.3. The number of sulfonamides is 1. The minimum Gasteiger partial charge on any atom is -0.383 e. The van der Waals surface area contributed by atoms with E-state index >= 15 is 0 Å². The molecule has 2 heterocycles. The Morgan fingerprint density at radius 2 is 1.78 bits per heavy atom. The van der Waals surface area contributed by atoms with Crippen LogP contribution in [0.3, 0.4) is 0 Å². The van der Waals surface area contributed by atoms with Gasteiger partial charge in [-0.1, -0.05) is 28.1 Å². The van der Waals surface area contributed by atoms with Crippen molar-refractivity contribution in [2.75, 3.05) is 40.0 Å². The molecular formula is C22H24BrN3O4S2. The number of benzene rings is 2. The van der Waals surface area contributed by atoms with E-state index in [1.807, 2.05) is 12.1 Å². The lowest BCUT2D eigenvalue weighted by Crippen LogP contribution is -2.40. The van der Waals surface area contributed by atoms with Gasteiger partial charge in [-0.05, 0) is 42.0 Å². The van der Waals surface area contributed by atoms with Gasteiger partial charge in [-0.25, -0.2) is 13.4 Å². The van der Waals surface area contributed by atoms with Gasteiger partial charge in [0.15, 0.2) is 4.80 Å². The molecule has 0 amide bonds. The summed E-state index contributed by atoms with van der Waals surface area (Å²) < 4.78 is 40.8. The predicted molar refractivity (Wildman–Crippen MR) is 129 cm³/mol. The number of morpholine rings is 1. The maximum Gasteiger partial charge on any atom is 0.243 e. The van der Waals surface area contributed by atoms with Crippen LogP contribution in [0.25, 0.3) is 11.3 Å². The molecule has 2 aromatic carbocycles. The third-order valence-corrected chi connectivity index (χ3v) is 8.43. The highest BCUT2D eigenvalue weighted by molar-refractivity contribution is 9.10. The highest BCUT2D eigenvalue weighted by Gasteiger charge is 2.26. The molecule has 0 radical (unpaired) electrons. The Morgan fingerprint density at radius 3 is 2.44 bits per heavy atom. The fourth-order valence-corrected chi connectivity index (χ4v) is 6.04. The number of halogens is 1. The van der Waals surface area contributed by atoms with Crippen molar-refractivity contribution in [3.05, 3.63) is 63.2 Å². The van der Waals surface area contributed by atoms with E-state index < -0.39 is 10.0 Å². The second kappa shape index (κ2) is 10.4. The van der Waals surface area contributed by atoms with E-state index in [9.17, 15) is 8.42 Å². The smallest absolute Gasteiger partial charge is 0.243 e. The molecule has 0 aliphatic carbocycles. The van der Waals surface area contributed by atoms with Gasteiger partial charge in [-0.2, -0.15) is 4.31 Å². The van der Waals surface area contributed by atoms with Crippen LogP contribution in [0.2, 0.25) is 0 Å². The van der Waals surface area contributed by atoms with Crippen molar-refractivity contribution in [1.29, 1.82) is 0 Å². The van der Waals surface area contributed by atoms with Crippen LogP contribution in [-0.4, -0.2) is 57.3 Å². The van der Waals surface area contributed by atoms with Gasteiger partial charge in [-0.15, -0.1) is 11.3 Å². The molecule has 0 N–H and O–H groups in total. The Morgan fingerprint density at radius 1 is 1.09 bits per heavy atom. The van der Waals surface area contributed by atoms with Gasteiger partial charge in [0.2, 0.25) is 10.0 Å². The van der Waals surface area contributed by atoms with Crippen LogP contribution < -0.4 is 4.80 Å². The van der Waals surface area contributed by atoms with Crippen molar-refractivity contribution < 1.29 is 17.9 Å². The molecule has 1 saturated heterocycles. The van der Waals surface area contributed by atoms with Gasteiger partial charge >= 0.3 is 0 Å². The fraction of sp³-hybridized carbons (Fsp3) is 0.318. The zero-order valence-electron chi connectivity index (χ0n) is 17.6. The number of nitrogens with zero attached hydrogens (tertiary/aromatic N) is 3. The van der Waals surface area contributed by atoms with Crippen molar-refractivity contribution in [1.82, 2.24) is 8.87 Å². The summed E-state index contributed by atoms with van der Waals surface area (Å²) in [5, 5.41) is 2.08. The first-order chi connectivity index (χ1) is 15.5. The van der Waals surface area contributed by atoms with Crippen molar-refractivity contribution >= 4 is 43.0 Å². The zero-order valence-corrected chi connectivity index (χ0v) is 20.8. The van der Waals surface area contributed by atoms with Crippen LogP contribution in [0.4, 0.5) is 5.69 Å². The molecule has 32 heavy (non-hydrogen) atoms. The Kier molecular flexibility index (Phi) is 7.59. The van der Waals surface area contributed by atoms with E-state index in [-0.39, 0.29) is 4.90 Å². The van der Waals surface area contributed by atoms with E-state index in [0.29, 0.717) is 45.1 Å². The van der Waals surface area contributed by atoms with Gasteiger partial charge in [0, 0.05) is 36.6 Å². The van der Waals surface area contributed by atoms with E-state index in [1.165, 1.54) is 4.31 Å². The number of methoxy groups -OCH3 is 1. The van der Waals surface area contributed by atoms with Gasteiger partial charge in [0.05, 0.1) is 36.1 Å². The minimum absolute atomic E-state index is 0.271. The average molecular weight is 538 g/mol. The molecule has 1 fully saturated rings. The van der Waals surface area contributed by atoms with E-state index in [0.717, 1.165) is 20.5 Å². The average Bonchev–Trinajstić information content (AvgIpc) is 3.21. The van der Waals surface area contributed by atoms with Crippen LogP contribution in [0.1, 0.15) is 0 Å². The summed E-state index contributed by atoms with van der Waals surface area (Å²) in [4.78, 5) is 5.88. The summed E-state index contributed by atoms with van der Waals surface area (Å²) in [6.07, 6.45) is 0. The molecule has 10 heteroatoms. The van der Waals surface area contributed by atoms with Crippen LogP contribution in [0, 0.1) is 0 Å². The van der Waals surface area contributed by atoms with E-state index in [4.69, 9.17) is 14.5 Å². The molecule has 0 atom stereocenters. The summed E-state index contributed by atoms with van der Waals surface area (Å²) >= 11 is 5.02. The second-order valence-corrected chi connectivity index (χ2v) is 10.9. The quantitative estimate of drug-likeness (QED) is 0.458. The number of hydrogen-bond donors (Lipinski definition) is 0. The van der Waals surface area contributed by atoms with Gasteiger partial charge < -0.3 is 14.0 Å². The van der Waals surface area contributed by atoms with Crippen LogP contribution in [0.15, 0.2) is 68.3 Å². The highest BCUT2D eigenvalue weighted by atomic mass is 79.9. The van der Waals surface area contributed by atoms with Crippen LogP contribution in [0.5, 0.6) is 0 Å². The van der Waals surface area contributed by atoms with Crippen LogP contribution >= 0.6 is 27.3 Å². The number of ether oxygens (including phenoxy) is 2. The Labute approximate surface area is 200 Å². The lowest BCUT2D eigenvalue weighted by molar-refractivity contribution is 0.0730. The number of aromatic nitrogens is 1. The normalized spacial score (nSPS) is 15.9. The largest absolute Gasteiger partial charge is 0.383 e. The molecule has 3 aromatic rings. The summed E-state index contributed by atoms with van der Waals surface area (Å²) in [5.41, 5.74) is 2.85. The maximum atomic E-state index is 12.8. The first-order valence-electron chi connectivity index (χ1n) is 10.1. The fourth-order valence-electron chi connectivity index (χ4n) is 3.41. The maximum absolute atomic E-state index is 12.8. The molecule has 170 valence electrons. The summed E-state index contributed by atoms with van der Waals surface area (Å²) in [5.74, 6) is 0. The number of hydrogen-bond acceptors (Lipinski definition) is 6. The molecule has 1 aliphatic rings. The van der Waals surface area contributed by atoms with Crippen molar-refractivity contribution in [3.63, 3.8) is 0 Å². The SMILES string of the molecule is COCCn1c(-c2ccc(Br)cc2)csc1=Nc1ccc(S(=O)(=O)N2CCOCC2)cc1. The monoisotopic (exact) mass is 537 g/mol. The topological polar surface area (TPSA) is 73.1 Å². The molecule has 1 aromatic heterocycles. The number of rotatable bonds is 7. The Balaban J connectivity index is 1.65.